The fourth-order valence-electron chi connectivity index (χ4n) is 5.47. The largest absolute Gasteiger partial charge is 0.330 e. The molecule has 4 aliphatic carbocycles. The Bertz CT molecular complexity index is 502. The Balaban J connectivity index is 1.71. The number of hydrogen-bond acceptors (Lipinski definition) is 2. The zero-order chi connectivity index (χ0) is 13.0. The van der Waals surface area contributed by atoms with E-state index in [0.29, 0.717) is 18.9 Å². The van der Waals surface area contributed by atoms with Crippen molar-refractivity contribution in [1.82, 2.24) is 10.2 Å². The van der Waals surface area contributed by atoms with Crippen molar-refractivity contribution in [3.63, 3.8) is 0 Å². The van der Waals surface area contributed by atoms with Gasteiger partial charge in [0.15, 0.2) is 0 Å². The second-order valence-electron chi connectivity index (χ2n) is 6.97. The van der Waals surface area contributed by atoms with Gasteiger partial charge in [-0.15, -0.1) is 0 Å². The van der Waals surface area contributed by atoms with Crippen molar-refractivity contribution in [3.8, 4) is 0 Å². The van der Waals surface area contributed by atoms with E-state index in [2.05, 4.69) is 10.2 Å². The minimum absolute atomic E-state index is 0.0502. The second kappa shape index (κ2) is 4.23. The number of nitrogens with one attached hydrogen (secondary N) is 2. The summed E-state index contributed by atoms with van der Waals surface area (Å²) in [5.74, 6) is 4.15. The van der Waals surface area contributed by atoms with Gasteiger partial charge in [-0.05, 0) is 68.7 Å². The average Bonchev–Trinajstić information content (AvgIpc) is 2.71. The summed E-state index contributed by atoms with van der Waals surface area (Å²) >= 11 is 0. The fourth-order valence-corrected chi connectivity index (χ4v) is 5.47. The van der Waals surface area contributed by atoms with Crippen molar-refractivity contribution in [2.75, 3.05) is 6.54 Å². The summed E-state index contributed by atoms with van der Waals surface area (Å²) in [4.78, 5) is 11.9. The van der Waals surface area contributed by atoms with Crippen molar-refractivity contribution in [1.29, 1.82) is 0 Å². The van der Waals surface area contributed by atoms with Gasteiger partial charge in [-0.3, -0.25) is 9.89 Å². The van der Waals surface area contributed by atoms with Crippen LogP contribution in [0, 0.1) is 23.7 Å². The van der Waals surface area contributed by atoms with E-state index in [0.717, 1.165) is 29.2 Å². The Kier molecular flexibility index (Phi) is 2.62. The van der Waals surface area contributed by atoms with E-state index in [-0.39, 0.29) is 5.56 Å². The lowest BCUT2D eigenvalue weighted by atomic mass is 9.51. The molecule has 4 nitrogen and oxygen atoms in total. The third-order valence-corrected chi connectivity index (χ3v) is 5.86. The van der Waals surface area contributed by atoms with E-state index < -0.39 is 0 Å². The van der Waals surface area contributed by atoms with Crippen LogP contribution in [0.2, 0.25) is 0 Å². The van der Waals surface area contributed by atoms with Gasteiger partial charge in [-0.2, -0.15) is 0 Å². The molecule has 4 saturated carbocycles. The molecular weight excluding hydrogens is 238 g/mol. The normalized spacial score (nSPS) is 39.9. The first-order chi connectivity index (χ1) is 9.26. The van der Waals surface area contributed by atoms with E-state index in [1.54, 1.807) is 0 Å². The number of rotatable bonds is 3. The molecule has 0 atom stereocenters. The van der Waals surface area contributed by atoms with Gasteiger partial charge in [0.2, 0.25) is 0 Å². The number of nitrogens with two attached hydrogens (primary N) is 1. The van der Waals surface area contributed by atoms with Crippen LogP contribution in [0.4, 0.5) is 0 Å². The molecule has 0 radical (unpaired) electrons. The summed E-state index contributed by atoms with van der Waals surface area (Å²) in [7, 11) is 0. The molecule has 4 heteroatoms. The molecule has 5 rings (SSSR count). The molecule has 19 heavy (non-hydrogen) atoms. The van der Waals surface area contributed by atoms with Crippen LogP contribution in [0.25, 0.3) is 0 Å². The van der Waals surface area contributed by atoms with Gasteiger partial charge in [0.05, 0.1) is 0 Å². The Morgan fingerprint density at radius 1 is 1.00 bits per heavy atom. The summed E-state index contributed by atoms with van der Waals surface area (Å²) in [5.41, 5.74) is 7.84. The molecule has 4 fully saturated rings. The summed E-state index contributed by atoms with van der Waals surface area (Å²) in [6.07, 6.45) is 7.70. The third kappa shape index (κ3) is 1.72. The summed E-state index contributed by atoms with van der Waals surface area (Å²) in [6, 6.07) is 0. The van der Waals surface area contributed by atoms with Crippen LogP contribution in [0.15, 0.2) is 4.79 Å². The van der Waals surface area contributed by atoms with Gasteiger partial charge in [-0.25, -0.2) is 0 Å². The quantitative estimate of drug-likeness (QED) is 0.775. The Morgan fingerprint density at radius 3 is 2.21 bits per heavy atom. The molecule has 1 heterocycles. The molecule has 0 saturated heterocycles. The SMILES string of the molecule is NCCc1c(C2C3CC4CC(C3)CC2C4)[nH][nH]c1=O. The maximum atomic E-state index is 11.9. The highest BCUT2D eigenvalue weighted by Crippen LogP contribution is 2.59. The number of H-pyrrole nitrogens is 2. The molecule has 1 aromatic rings. The van der Waals surface area contributed by atoms with Crippen LogP contribution >= 0.6 is 0 Å². The smallest absolute Gasteiger partial charge is 0.267 e. The second-order valence-corrected chi connectivity index (χ2v) is 6.97. The average molecular weight is 261 g/mol. The molecule has 0 amide bonds. The topological polar surface area (TPSA) is 74.7 Å². The molecule has 0 unspecified atom stereocenters. The highest BCUT2D eigenvalue weighted by atomic mass is 16.1. The molecule has 0 aliphatic heterocycles. The predicted octanol–water partition coefficient (Wildman–Crippen LogP) is 1.74. The number of aromatic amines is 2. The van der Waals surface area contributed by atoms with Gasteiger partial charge in [0.25, 0.3) is 5.56 Å². The van der Waals surface area contributed by atoms with Gasteiger partial charge < -0.3 is 10.8 Å². The van der Waals surface area contributed by atoms with Crippen LogP contribution in [0.3, 0.4) is 0 Å². The number of hydrogen-bond donors (Lipinski definition) is 3. The first kappa shape index (κ1) is 11.8. The standard InChI is InChI=1S/C15H23N3O/c16-2-1-12-14(17-18-15(12)19)13-10-4-8-3-9(6-10)7-11(13)5-8/h8-11,13H,1-7,16H2,(H2,17,18,19). The van der Waals surface area contributed by atoms with Crippen molar-refractivity contribution < 1.29 is 0 Å². The van der Waals surface area contributed by atoms with Crippen molar-refractivity contribution >= 4 is 0 Å². The maximum Gasteiger partial charge on any atom is 0.267 e. The van der Waals surface area contributed by atoms with Crippen LogP contribution < -0.4 is 11.3 Å². The first-order valence-corrected chi connectivity index (χ1v) is 7.75. The maximum absolute atomic E-state index is 11.9. The molecule has 0 aromatic carbocycles. The van der Waals surface area contributed by atoms with Crippen LogP contribution in [-0.4, -0.2) is 16.7 Å². The third-order valence-electron chi connectivity index (χ3n) is 5.86. The van der Waals surface area contributed by atoms with E-state index >= 15 is 0 Å². The molecule has 4 bridgehead atoms. The van der Waals surface area contributed by atoms with E-state index in [1.807, 2.05) is 0 Å². The monoisotopic (exact) mass is 261 g/mol. The highest BCUT2D eigenvalue weighted by Gasteiger charge is 2.49. The van der Waals surface area contributed by atoms with Gasteiger partial charge >= 0.3 is 0 Å². The Labute approximate surface area is 113 Å². The minimum Gasteiger partial charge on any atom is -0.330 e. The molecule has 104 valence electrons. The van der Waals surface area contributed by atoms with Gasteiger partial charge in [-0.1, -0.05) is 0 Å². The molecule has 0 spiro atoms. The Hall–Kier alpha value is -1.03. The highest BCUT2D eigenvalue weighted by molar-refractivity contribution is 5.25. The van der Waals surface area contributed by atoms with Crippen molar-refractivity contribution in [2.45, 2.75) is 44.4 Å². The molecule has 4 aliphatic rings. The van der Waals surface area contributed by atoms with E-state index in [9.17, 15) is 4.79 Å². The lowest BCUT2D eigenvalue weighted by molar-refractivity contribution is -0.00444. The lowest BCUT2D eigenvalue weighted by Gasteiger charge is -2.54. The molecular formula is C15H23N3O. The summed E-state index contributed by atoms with van der Waals surface area (Å²) < 4.78 is 0. The zero-order valence-corrected chi connectivity index (χ0v) is 11.3. The predicted molar refractivity (Wildman–Crippen MR) is 74.0 cm³/mol. The first-order valence-electron chi connectivity index (χ1n) is 7.75. The van der Waals surface area contributed by atoms with Crippen LogP contribution in [0.5, 0.6) is 0 Å². The molecule has 1 aromatic heterocycles. The lowest BCUT2D eigenvalue weighted by Crippen LogP contribution is -2.44. The number of aromatic nitrogens is 2. The summed E-state index contributed by atoms with van der Waals surface area (Å²) in [6.45, 7) is 0.557. The van der Waals surface area contributed by atoms with Gasteiger partial charge in [0.1, 0.15) is 0 Å². The van der Waals surface area contributed by atoms with E-state index in [4.69, 9.17) is 5.73 Å². The fraction of sp³-hybridized carbons (Fsp3) is 0.800. The zero-order valence-electron chi connectivity index (χ0n) is 11.3. The Morgan fingerprint density at radius 2 is 1.63 bits per heavy atom. The summed E-state index contributed by atoms with van der Waals surface area (Å²) in [5, 5.41) is 5.99. The van der Waals surface area contributed by atoms with Gasteiger partial charge in [0, 0.05) is 17.2 Å². The minimum atomic E-state index is 0.0502. The van der Waals surface area contributed by atoms with Crippen LogP contribution in [-0.2, 0) is 6.42 Å². The van der Waals surface area contributed by atoms with Crippen LogP contribution in [0.1, 0.15) is 49.3 Å². The van der Waals surface area contributed by atoms with Crippen molar-refractivity contribution in [2.24, 2.45) is 29.4 Å². The van der Waals surface area contributed by atoms with E-state index in [1.165, 1.54) is 37.8 Å². The van der Waals surface area contributed by atoms with Crippen molar-refractivity contribution in [3.05, 3.63) is 21.6 Å². The molecule has 4 N–H and O–H groups in total.